The van der Waals surface area contributed by atoms with E-state index in [9.17, 15) is 4.79 Å². The van der Waals surface area contributed by atoms with Gasteiger partial charge in [-0.2, -0.15) is 0 Å². The molecular formula is C10H16BrNO2. The number of hydrogen-bond donors (Lipinski definition) is 0. The van der Waals surface area contributed by atoms with Crippen LogP contribution in [0.3, 0.4) is 0 Å². The predicted octanol–water partition coefficient (Wildman–Crippen LogP) is 1.41. The summed E-state index contributed by atoms with van der Waals surface area (Å²) in [6, 6.07) is 0. The topological polar surface area (TPSA) is 29.5 Å². The summed E-state index contributed by atoms with van der Waals surface area (Å²) in [6.45, 7) is 4.55. The standard InChI is InChI=1S/C10H16BrNO2/c1-7-3-5-14-9(7)10(13)12-4-2-8(11)6-12/h7-9H,2-6H2,1H3. The van der Waals surface area contributed by atoms with Gasteiger partial charge in [0, 0.05) is 24.5 Å². The van der Waals surface area contributed by atoms with Crippen LogP contribution in [0.2, 0.25) is 0 Å². The van der Waals surface area contributed by atoms with Gasteiger partial charge in [-0.3, -0.25) is 4.79 Å². The summed E-state index contributed by atoms with van der Waals surface area (Å²) < 4.78 is 5.47. The Hall–Kier alpha value is -0.0900. The van der Waals surface area contributed by atoms with E-state index in [2.05, 4.69) is 22.9 Å². The molecule has 1 amide bonds. The van der Waals surface area contributed by atoms with E-state index in [1.165, 1.54) is 0 Å². The lowest BCUT2D eigenvalue weighted by atomic mass is 10.0. The zero-order valence-electron chi connectivity index (χ0n) is 8.41. The van der Waals surface area contributed by atoms with Crippen LogP contribution in [0.15, 0.2) is 0 Å². The zero-order valence-corrected chi connectivity index (χ0v) is 10.00. The summed E-state index contributed by atoms with van der Waals surface area (Å²) >= 11 is 3.54. The number of nitrogens with zero attached hydrogens (tertiary/aromatic N) is 1. The van der Waals surface area contributed by atoms with Crippen LogP contribution < -0.4 is 0 Å². The minimum absolute atomic E-state index is 0.173. The first-order valence-electron chi connectivity index (χ1n) is 5.23. The zero-order chi connectivity index (χ0) is 10.1. The van der Waals surface area contributed by atoms with E-state index in [1.807, 2.05) is 4.90 Å². The van der Waals surface area contributed by atoms with E-state index < -0.39 is 0 Å². The second-order valence-electron chi connectivity index (χ2n) is 4.23. The van der Waals surface area contributed by atoms with E-state index in [1.54, 1.807) is 0 Å². The van der Waals surface area contributed by atoms with Crippen molar-refractivity contribution in [2.45, 2.75) is 30.7 Å². The third-order valence-electron chi connectivity index (χ3n) is 3.07. The second-order valence-corrected chi connectivity index (χ2v) is 5.52. The van der Waals surface area contributed by atoms with Crippen molar-refractivity contribution < 1.29 is 9.53 Å². The summed E-state index contributed by atoms with van der Waals surface area (Å²) in [5.74, 6) is 0.578. The van der Waals surface area contributed by atoms with Gasteiger partial charge in [0.1, 0.15) is 6.10 Å². The molecule has 0 aliphatic carbocycles. The maximum absolute atomic E-state index is 12.0. The summed E-state index contributed by atoms with van der Waals surface area (Å²) in [5, 5.41) is 0. The van der Waals surface area contributed by atoms with Crippen LogP contribution >= 0.6 is 15.9 Å². The monoisotopic (exact) mass is 261 g/mol. The van der Waals surface area contributed by atoms with Crippen LogP contribution in [-0.2, 0) is 9.53 Å². The van der Waals surface area contributed by atoms with Gasteiger partial charge in [0.2, 0.25) is 0 Å². The minimum atomic E-state index is -0.173. The van der Waals surface area contributed by atoms with Gasteiger partial charge in [0.15, 0.2) is 0 Å². The molecule has 0 spiro atoms. The number of ether oxygens (including phenoxy) is 1. The fraction of sp³-hybridized carbons (Fsp3) is 0.900. The molecule has 0 aromatic rings. The normalized spacial score (nSPS) is 37.9. The Kier molecular flexibility index (Phi) is 3.12. The number of likely N-dealkylation sites (tertiary alicyclic amines) is 1. The number of rotatable bonds is 1. The highest BCUT2D eigenvalue weighted by Gasteiger charge is 2.36. The smallest absolute Gasteiger partial charge is 0.252 e. The molecule has 80 valence electrons. The quantitative estimate of drug-likeness (QED) is 0.669. The first-order valence-corrected chi connectivity index (χ1v) is 6.14. The van der Waals surface area contributed by atoms with E-state index in [0.717, 1.165) is 32.5 Å². The summed E-state index contributed by atoms with van der Waals surface area (Å²) in [7, 11) is 0. The Labute approximate surface area is 92.9 Å². The third kappa shape index (κ3) is 1.96. The summed E-state index contributed by atoms with van der Waals surface area (Å²) in [4.78, 5) is 14.4. The molecule has 3 atom stereocenters. The number of amides is 1. The molecule has 0 bridgehead atoms. The molecule has 0 N–H and O–H groups in total. The minimum Gasteiger partial charge on any atom is -0.368 e. The highest BCUT2D eigenvalue weighted by molar-refractivity contribution is 9.09. The van der Waals surface area contributed by atoms with Crippen LogP contribution in [0.25, 0.3) is 0 Å². The maximum Gasteiger partial charge on any atom is 0.252 e. The van der Waals surface area contributed by atoms with E-state index in [0.29, 0.717) is 10.7 Å². The van der Waals surface area contributed by atoms with Crippen LogP contribution in [0.5, 0.6) is 0 Å². The lowest BCUT2D eigenvalue weighted by Gasteiger charge is -2.21. The lowest BCUT2D eigenvalue weighted by molar-refractivity contribution is -0.141. The van der Waals surface area contributed by atoms with Crippen molar-refractivity contribution in [3.8, 4) is 0 Å². The van der Waals surface area contributed by atoms with Crippen molar-refractivity contribution in [2.75, 3.05) is 19.7 Å². The van der Waals surface area contributed by atoms with Crippen molar-refractivity contribution in [2.24, 2.45) is 5.92 Å². The summed E-state index contributed by atoms with van der Waals surface area (Å²) in [5.41, 5.74) is 0. The van der Waals surface area contributed by atoms with Gasteiger partial charge in [-0.25, -0.2) is 0 Å². The fourth-order valence-corrected chi connectivity index (χ4v) is 2.66. The summed E-state index contributed by atoms with van der Waals surface area (Å²) in [6.07, 6.45) is 1.90. The molecule has 0 aromatic heterocycles. The molecule has 0 aromatic carbocycles. The SMILES string of the molecule is CC1CCOC1C(=O)N1CCC(Br)C1. The maximum atomic E-state index is 12.0. The van der Waals surface area contributed by atoms with Gasteiger partial charge in [-0.05, 0) is 18.8 Å². The Morgan fingerprint density at radius 3 is 2.79 bits per heavy atom. The molecule has 2 aliphatic rings. The van der Waals surface area contributed by atoms with Gasteiger partial charge < -0.3 is 9.64 Å². The van der Waals surface area contributed by atoms with E-state index in [4.69, 9.17) is 4.74 Å². The van der Waals surface area contributed by atoms with Gasteiger partial charge in [0.05, 0.1) is 0 Å². The predicted molar refractivity (Wildman–Crippen MR) is 57.4 cm³/mol. The second kappa shape index (κ2) is 4.19. The fourth-order valence-electron chi connectivity index (χ4n) is 2.11. The average molecular weight is 262 g/mol. The molecule has 0 radical (unpaired) electrons. The van der Waals surface area contributed by atoms with Crippen molar-refractivity contribution in [3.05, 3.63) is 0 Å². The average Bonchev–Trinajstić information content (AvgIpc) is 2.73. The Morgan fingerprint density at radius 1 is 1.50 bits per heavy atom. The van der Waals surface area contributed by atoms with Crippen LogP contribution in [0.4, 0.5) is 0 Å². The Bertz CT molecular complexity index is 234. The molecule has 2 rings (SSSR count). The first-order chi connectivity index (χ1) is 6.68. The van der Waals surface area contributed by atoms with Crippen molar-refractivity contribution in [1.82, 2.24) is 4.90 Å². The van der Waals surface area contributed by atoms with E-state index in [-0.39, 0.29) is 12.0 Å². The van der Waals surface area contributed by atoms with Crippen molar-refractivity contribution >= 4 is 21.8 Å². The molecule has 0 saturated carbocycles. The largest absolute Gasteiger partial charge is 0.368 e. The molecule has 4 heteroatoms. The van der Waals surface area contributed by atoms with Gasteiger partial charge >= 0.3 is 0 Å². The lowest BCUT2D eigenvalue weighted by Crippen LogP contribution is -2.39. The number of carbonyl (C=O) groups excluding carboxylic acids is 1. The van der Waals surface area contributed by atoms with Crippen LogP contribution in [0.1, 0.15) is 19.8 Å². The third-order valence-corrected chi connectivity index (χ3v) is 3.82. The first kappa shape index (κ1) is 10.4. The molecule has 2 fully saturated rings. The van der Waals surface area contributed by atoms with Crippen LogP contribution in [0, 0.1) is 5.92 Å². The van der Waals surface area contributed by atoms with Crippen molar-refractivity contribution in [1.29, 1.82) is 0 Å². The molecule has 3 unspecified atom stereocenters. The highest BCUT2D eigenvalue weighted by Crippen LogP contribution is 2.25. The molecular weight excluding hydrogens is 246 g/mol. The number of halogens is 1. The number of hydrogen-bond acceptors (Lipinski definition) is 2. The van der Waals surface area contributed by atoms with Crippen molar-refractivity contribution in [3.63, 3.8) is 0 Å². The van der Waals surface area contributed by atoms with E-state index >= 15 is 0 Å². The molecule has 2 heterocycles. The molecule has 2 saturated heterocycles. The molecule has 2 aliphatic heterocycles. The number of carbonyl (C=O) groups is 1. The van der Waals surface area contributed by atoms with Crippen LogP contribution in [-0.4, -0.2) is 41.4 Å². The molecule has 14 heavy (non-hydrogen) atoms. The van der Waals surface area contributed by atoms with Gasteiger partial charge in [-0.1, -0.05) is 22.9 Å². The van der Waals surface area contributed by atoms with Gasteiger partial charge in [0.25, 0.3) is 5.91 Å². The van der Waals surface area contributed by atoms with Gasteiger partial charge in [-0.15, -0.1) is 0 Å². The number of alkyl halides is 1. The molecule has 3 nitrogen and oxygen atoms in total. The Morgan fingerprint density at radius 2 is 2.29 bits per heavy atom. The Balaban J connectivity index is 1.94. The highest BCUT2D eigenvalue weighted by atomic mass is 79.9.